The zero-order chi connectivity index (χ0) is 16.9. The Morgan fingerprint density at radius 1 is 1.36 bits per heavy atom. The number of carboxylic acids is 1. The quantitative estimate of drug-likeness (QED) is 0.832. The van der Waals surface area contributed by atoms with Gasteiger partial charge < -0.3 is 15.2 Å². The zero-order valence-electron chi connectivity index (χ0n) is 13.7. The van der Waals surface area contributed by atoms with E-state index in [0.29, 0.717) is 18.2 Å². The maximum absolute atomic E-state index is 11.7. The first-order valence-electron chi connectivity index (χ1n) is 7.22. The van der Waals surface area contributed by atoms with E-state index in [1.165, 1.54) is 4.68 Å². The van der Waals surface area contributed by atoms with Crippen LogP contribution in [0.2, 0.25) is 0 Å². The molecule has 0 unspecified atom stereocenters. The Balaban J connectivity index is 2.80. The number of alkyl carbamates (subject to hydrolysis) is 1. The summed E-state index contributed by atoms with van der Waals surface area (Å²) in [6.07, 6.45) is 0.224. The number of hydrogen-bond donors (Lipinski definition) is 2. The molecule has 22 heavy (non-hydrogen) atoms. The topological polar surface area (TPSA) is 106 Å². The lowest BCUT2D eigenvalue weighted by Crippen LogP contribution is -2.33. The molecule has 0 aliphatic heterocycles. The van der Waals surface area contributed by atoms with Crippen molar-refractivity contribution < 1.29 is 19.4 Å². The molecule has 2 N–H and O–H groups in total. The Hall–Kier alpha value is -2.12. The minimum Gasteiger partial charge on any atom is -0.476 e. The normalized spacial score (nSPS) is 11.5. The SMILES string of the molecule is CC(C)CCn1nnc(C(=O)O)c1CNC(=O)OC(C)(C)C. The molecule has 1 rings (SSSR count). The number of carbonyl (C=O) groups excluding carboxylic acids is 1. The molecule has 0 atom stereocenters. The number of aromatic nitrogens is 3. The lowest BCUT2D eigenvalue weighted by atomic mass is 10.1. The molecule has 0 bridgehead atoms. The third-order valence-corrected chi connectivity index (χ3v) is 2.76. The summed E-state index contributed by atoms with van der Waals surface area (Å²) in [5, 5.41) is 19.2. The van der Waals surface area contributed by atoms with Crippen molar-refractivity contribution >= 4 is 12.1 Å². The number of rotatable bonds is 6. The molecular weight excluding hydrogens is 288 g/mol. The van der Waals surface area contributed by atoms with Crippen molar-refractivity contribution in [1.82, 2.24) is 20.3 Å². The number of hydrogen-bond acceptors (Lipinski definition) is 5. The van der Waals surface area contributed by atoms with Gasteiger partial charge in [-0.25, -0.2) is 14.3 Å². The molecule has 124 valence electrons. The van der Waals surface area contributed by atoms with E-state index < -0.39 is 17.7 Å². The molecule has 1 amide bonds. The molecule has 1 aromatic heterocycles. The van der Waals surface area contributed by atoms with Gasteiger partial charge in [0.2, 0.25) is 0 Å². The van der Waals surface area contributed by atoms with Crippen molar-refractivity contribution in [3.05, 3.63) is 11.4 Å². The molecule has 0 saturated heterocycles. The van der Waals surface area contributed by atoms with Gasteiger partial charge in [-0.15, -0.1) is 5.10 Å². The monoisotopic (exact) mass is 312 g/mol. The van der Waals surface area contributed by atoms with Crippen LogP contribution in [0.5, 0.6) is 0 Å². The Bertz CT molecular complexity index is 531. The highest BCUT2D eigenvalue weighted by molar-refractivity contribution is 5.86. The van der Waals surface area contributed by atoms with Crippen LogP contribution >= 0.6 is 0 Å². The van der Waals surface area contributed by atoms with Gasteiger partial charge in [-0.05, 0) is 33.1 Å². The van der Waals surface area contributed by atoms with E-state index in [-0.39, 0.29) is 12.2 Å². The average Bonchev–Trinajstić information content (AvgIpc) is 2.74. The highest BCUT2D eigenvalue weighted by Crippen LogP contribution is 2.10. The molecule has 0 spiro atoms. The number of aryl methyl sites for hydroxylation is 1. The van der Waals surface area contributed by atoms with Crippen LogP contribution in [-0.4, -0.2) is 37.8 Å². The van der Waals surface area contributed by atoms with E-state index >= 15 is 0 Å². The number of amides is 1. The first-order valence-corrected chi connectivity index (χ1v) is 7.22. The van der Waals surface area contributed by atoms with Crippen LogP contribution in [0.25, 0.3) is 0 Å². The minimum atomic E-state index is -1.17. The third-order valence-electron chi connectivity index (χ3n) is 2.76. The average molecular weight is 312 g/mol. The van der Waals surface area contributed by atoms with Crippen molar-refractivity contribution in [2.75, 3.05) is 0 Å². The number of carbonyl (C=O) groups is 2. The summed E-state index contributed by atoms with van der Waals surface area (Å²) in [4.78, 5) is 22.9. The zero-order valence-corrected chi connectivity index (χ0v) is 13.7. The van der Waals surface area contributed by atoms with E-state index in [1.807, 2.05) is 0 Å². The largest absolute Gasteiger partial charge is 0.476 e. The maximum Gasteiger partial charge on any atom is 0.407 e. The molecule has 0 radical (unpaired) electrons. The van der Waals surface area contributed by atoms with Gasteiger partial charge in [0.25, 0.3) is 0 Å². The third kappa shape index (κ3) is 5.71. The fourth-order valence-corrected chi connectivity index (χ4v) is 1.70. The van der Waals surface area contributed by atoms with Crippen molar-refractivity contribution in [3.63, 3.8) is 0 Å². The Morgan fingerprint density at radius 2 is 2.00 bits per heavy atom. The smallest absolute Gasteiger partial charge is 0.407 e. The number of ether oxygens (including phenoxy) is 1. The summed E-state index contributed by atoms with van der Waals surface area (Å²) in [6, 6.07) is 0. The molecular formula is C14H24N4O4. The van der Waals surface area contributed by atoms with Crippen LogP contribution in [0.3, 0.4) is 0 Å². The number of aromatic carboxylic acids is 1. The Kier molecular flexibility index (Phi) is 5.90. The summed E-state index contributed by atoms with van der Waals surface area (Å²) in [6.45, 7) is 9.93. The van der Waals surface area contributed by atoms with Gasteiger partial charge in [0.05, 0.1) is 12.2 Å². The summed E-state index contributed by atoms with van der Waals surface area (Å²) < 4.78 is 6.64. The minimum absolute atomic E-state index is 0.00163. The Morgan fingerprint density at radius 3 is 2.50 bits per heavy atom. The molecule has 0 saturated carbocycles. The second-order valence-electron chi connectivity index (χ2n) is 6.45. The van der Waals surface area contributed by atoms with Gasteiger partial charge in [-0.1, -0.05) is 19.1 Å². The number of nitrogens with one attached hydrogen (secondary N) is 1. The predicted octanol–water partition coefficient (Wildman–Crippen LogP) is 2.05. The van der Waals surface area contributed by atoms with Crippen LogP contribution in [0.4, 0.5) is 4.79 Å². The van der Waals surface area contributed by atoms with E-state index in [4.69, 9.17) is 9.84 Å². The highest BCUT2D eigenvalue weighted by atomic mass is 16.6. The molecule has 0 aliphatic rings. The summed E-state index contributed by atoms with van der Waals surface area (Å²) in [5.41, 5.74) is -0.408. The standard InChI is InChI=1S/C14H24N4O4/c1-9(2)6-7-18-10(11(12(19)20)16-17-18)8-15-13(21)22-14(3,4)5/h9H,6-8H2,1-5H3,(H,15,21)(H,19,20). The molecule has 8 heteroatoms. The predicted molar refractivity (Wildman–Crippen MR) is 79.5 cm³/mol. The van der Waals surface area contributed by atoms with E-state index in [9.17, 15) is 9.59 Å². The lowest BCUT2D eigenvalue weighted by Gasteiger charge is -2.19. The maximum atomic E-state index is 11.7. The molecule has 0 fully saturated rings. The summed E-state index contributed by atoms with van der Waals surface area (Å²) in [7, 11) is 0. The molecule has 1 heterocycles. The molecule has 0 aliphatic carbocycles. The molecule has 8 nitrogen and oxygen atoms in total. The fraction of sp³-hybridized carbons (Fsp3) is 0.714. The van der Waals surface area contributed by atoms with Crippen molar-refractivity contribution in [2.24, 2.45) is 5.92 Å². The second kappa shape index (κ2) is 7.24. The molecule has 1 aromatic rings. The fourth-order valence-electron chi connectivity index (χ4n) is 1.70. The van der Waals surface area contributed by atoms with Crippen LogP contribution in [0.1, 0.15) is 57.2 Å². The molecule has 0 aromatic carbocycles. The van der Waals surface area contributed by atoms with E-state index in [2.05, 4.69) is 29.5 Å². The van der Waals surface area contributed by atoms with Gasteiger partial charge in [0.15, 0.2) is 5.69 Å². The first kappa shape index (κ1) is 17.9. The number of carboxylic acid groups (broad SMARTS) is 1. The first-order chi connectivity index (χ1) is 10.1. The van der Waals surface area contributed by atoms with Crippen LogP contribution in [-0.2, 0) is 17.8 Å². The van der Waals surface area contributed by atoms with E-state index in [0.717, 1.165) is 6.42 Å². The van der Waals surface area contributed by atoms with Gasteiger partial charge in [-0.3, -0.25) is 0 Å². The van der Waals surface area contributed by atoms with Crippen molar-refractivity contribution in [2.45, 2.75) is 59.7 Å². The van der Waals surface area contributed by atoms with E-state index in [1.54, 1.807) is 20.8 Å². The second-order valence-corrected chi connectivity index (χ2v) is 6.45. The van der Waals surface area contributed by atoms with Gasteiger partial charge in [-0.2, -0.15) is 0 Å². The van der Waals surface area contributed by atoms with Crippen LogP contribution in [0.15, 0.2) is 0 Å². The summed E-state index contributed by atoms with van der Waals surface area (Å²) >= 11 is 0. The van der Waals surface area contributed by atoms with Crippen LogP contribution < -0.4 is 5.32 Å². The highest BCUT2D eigenvalue weighted by Gasteiger charge is 2.21. The number of nitrogens with zero attached hydrogens (tertiary/aromatic N) is 3. The summed E-state index contributed by atoms with van der Waals surface area (Å²) in [5.74, 6) is -0.721. The lowest BCUT2D eigenvalue weighted by molar-refractivity contribution is 0.0519. The van der Waals surface area contributed by atoms with Gasteiger partial charge in [0, 0.05) is 6.54 Å². The van der Waals surface area contributed by atoms with Crippen molar-refractivity contribution in [1.29, 1.82) is 0 Å². The van der Waals surface area contributed by atoms with Gasteiger partial charge >= 0.3 is 12.1 Å². The Labute approximate surface area is 129 Å². The van der Waals surface area contributed by atoms with Gasteiger partial charge in [0.1, 0.15) is 5.60 Å². The van der Waals surface area contributed by atoms with Crippen LogP contribution in [0, 0.1) is 5.92 Å². The van der Waals surface area contributed by atoms with Crippen molar-refractivity contribution in [3.8, 4) is 0 Å².